The summed E-state index contributed by atoms with van der Waals surface area (Å²) >= 11 is 0. The summed E-state index contributed by atoms with van der Waals surface area (Å²) in [7, 11) is 0. The van der Waals surface area contributed by atoms with Crippen LogP contribution in [-0.4, -0.2) is 52.6 Å². The fourth-order valence-electron chi connectivity index (χ4n) is 2.85. The van der Waals surface area contributed by atoms with Crippen molar-refractivity contribution >= 4 is 11.7 Å². The number of nitrogens with one attached hydrogen (secondary N) is 1. The van der Waals surface area contributed by atoms with Gasteiger partial charge < -0.3 is 14.1 Å². The number of hydrogen-bond acceptors (Lipinski definition) is 5. The molecule has 7 nitrogen and oxygen atoms in total. The van der Waals surface area contributed by atoms with Crippen molar-refractivity contribution in [1.82, 2.24) is 15.1 Å². The zero-order valence-corrected chi connectivity index (χ0v) is 13.2. The van der Waals surface area contributed by atoms with Crippen LogP contribution in [0.1, 0.15) is 38.7 Å². The monoisotopic (exact) mass is 317 g/mol. The Labute approximate surface area is 133 Å². The SMILES string of the molecule is Cc1n[nH]c(C)c1C(=O)N1CCOC[C@H]1CC(=O)c1ccco1. The Hall–Kier alpha value is -2.41. The summed E-state index contributed by atoms with van der Waals surface area (Å²) in [5, 5.41) is 6.90. The number of hydrogen-bond donors (Lipinski definition) is 1. The van der Waals surface area contributed by atoms with E-state index < -0.39 is 0 Å². The van der Waals surface area contributed by atoms with E-state index in [1.165, 1.54) is 6.26 Å². The van der Waals surface area contributed by atoms with Crippen LogP contribution in [0, 0.1) is 13.8 Å². The fourth-order valence-corrected chi connectivity index (χ4v) is 2.85. The molecular weight excluding hydrogens is 298 g/mol. The molecule has 0 bridgehead atoms. The number of ether oxygens (including phenoxy) is 1. The highest BCUT2D eigenvalue weighted by molar-refractivity contribution is 5.98. The molecule has 0 saturated carbocycles. The van der Waals surface area contributed by atoms with Gasteiger partial charge in [-0.25, -0.2) is 0 Å². The summed E-state index contributed by atoms with van der Waals surface area (Å²) in [5.41, 5.74) is 1.97. The number of amides is 1. The molecule has 1 aliphatic heterocycles. The van der Waals surface area contributed by atoms with Crippen molar-refractivity contribution in [3.63, 3.8) is 0 Å². The molecule has 1 saturated heterocycles. The summed E-state index contributed by atoms with van der Waals surface area (Å²) in [6.07, 6.45) is 1.64. The lowest BCUT2D eigenvalue weighted by molar-refractivity contribution is -0.00310. The predicted molar refractivity (Wildman–Crippen MR) is 81.4 cm³/mol. The van der Waals surface area contributed by atoms with E-state index in [-0.39, 0.29) is 24.2 Å². The van der Waals surface area contributed by atoms with Gasteiger partial charge in [-0.15, -0.1) is 0 Å². The van der Waals surface area contributed by atoms with Gasteiger partial charge in [0.05, 0.1) is 36.8 Å². The zero-order valence-electron chi connectivity index (χ0n) is 13.2. The van der Waals surface area contributed by atoms with Crippen molar-refractivity contribution in [3.05, 3.63) is 41.1 Å². The van der Waals surface area contributed by atoms with Crippen LogP contribution in [0.5, 0.6) is 0 Å². The van der Waals surface area contributed by atoms with Gasteiger partial charge in [0.15, 0.2) is 11.5 Å². The largest absolute Gasteiger partial charge is 0.461 e. The van der Waals surface area contributed by atoms with Gasteiger partial charge >= 0.3 is 0 Å². The lowest BCUT2D eigenvalue weighted by Gasteiger charge is -2.35. The fraction of sp³-hybridized carbons (Fsp3) is 0.438. The van der Waals surface area contributed by atoms with Crippen LogP contribution in [0.15, 0.2) is 22.8 Å². The van der Waals surface area contributed by atoms with Crippen LogP contribution in [-0.2, 0) is 4.74 Å². The summed E-state index contributed by atoms with van der Waals surface area (Å²) in [4.78, 5) is 26.8. The minimum Gasteiger partial charge on any atom is -0.461 e. The van der Waals surface area contributed by atoms with Gasteiger partial charge in [0.2, 0.25) is 0 Å². The van der Waals surface area contributed by atoms with Gasteiger partial charge in [0.1, 0.15) is 0 Å². The number of rotatable bonds is 4. The molecule has 122 valence electrons. The molecule has 1 N–H and O–H groups in total. The smallest absolute Gasteiger partial charge is 0.258 e. The Morgan fingerprint density at radius 2 is 2.26 bits per heavy atom. The summed E-state index contributed by atoms with van der Waals surface area (Å²) in [6.45, 7) is 4.87. The van der Waals surface area contributed by atoms with Gasteiger partial charge in [-0.1, -0.05) is 0 Å². The lowest BCUT2D eigenvalue weighted by Crippen LogP contribution is -2.49. The zero-order chi connectivity index (χ0) is 16.4. The van der Waals surface area contributed by atoms with Crippen molar-refractivity contribution in [2.75, 3.05) is 19.8 Å². The molecule has 0 radical (unpaired) electrons. The van der Waals surface area contributed by atoms with Crippen LogP contribution in [0.3, 0.4) is 0 Å². The third-order valence-electron chi connectivity index (χ3n) is 4.05. The Kier molecular flexibility index (Phi) is 4.29. The summed E-state index contributed by atoms with van der Waals surface area (Å²) in [6, 6.07) is 3.00. The van der Waals surface area contributed by atoms with Gasteiger partial charge in [0, 0.05) is 18.7 Å². The molecule has 1 amide bonds. The molecule has 0 aromatic carbocycles. The molecule has 3 heterocycles. The number of H-pyrrole nitrogens is 1. The molecule has 2 aromatic rings. The molecule has 0 aliphatic carbocycles. The predicted octanol–water partition coefficient (Wildman–Crippen LogP) is 1.73. The number of carbonyl (C=O) groups excluding carboxylic acids is 2. The number of aromatic amines is 1. The minimum absolute atomic E-state index is 0.116. The number of nitrogens with zero attached hydrogens (tertiary/aromatic N) is 2. The molecule has 1 atom stereocenters. The number of Topliss-reactive ketones (excluding diaryl/α,β-unsaturated/α-hetero) is 1. The maximum Gasteiger partial charge on any atom is 0.258 e. The van der Waals surface area contributed by atoms with E-state index >= 15 is 0 Å². The topological polar surface area (TPSA) is 88.4 Å². The third kappa shape index (κ3) is 3.05. The number of morpholine rings is 1. The lowest BCUT2D eigenvalue weighted by atomic mass is 10.0. The van der Waals surface area contributed by atoms with E-state index in [1.807, 2.05) is 6.92 Å². The Morgan fingerprint density at radius 1 is 1.43 bits per heavy atom. The average molecular weight is 317 g/mol. The van der Waals surface area contributed by atoms with Crippen molar-refractivity contribution < 1.29 is 18.7 Å². The number of carbonyl (C=O) groups is 2. The number of ketones is 1. The molecule has 3 rings (SSSR count). The second-order valence-electron chi connectivity index (χ2n) is 5.64. The highest BCUT2D eigenvalue weighted by Crippen LogP contribution is 2.20. The molecule has 0 spiro atoms. The molecule has 1 aliphatic rings. The molecule has 0 unspecified atom stereocenters. The van der Waals surface area contributed by atoms with Gasteiger partial charge in [0.25, 0.3) is 5.91 Å². The summed E-state index contributed by atoms with van der Waals surface area (Å²) in [5.74, 6) is 0.0527. The van der Waals surface area contributed by atoms with Crippen LogP contribution in [0.25, 0.3) is 0 Å². The van der Waals surface area contributed by atoms with E-state index in [4.69, 9.17) is 9.15 Å². The first-order chi connectivity index (χ1) is 11.1. The van der Waals surface area contributed by atoms with Crippen LogP contribution < -0.4 is 0 Å². The van der Waals surface area contributed by atoms with E-state index in [2.05, 4.69) is 10.2 Å². The van der Waals surface area contributed by atoms with E-state index in [0.29, 0.717) is 36.8 Å². The van der Waals surface area contributed by atoms with Crippen LogP contribution >= 0.6 is 0 Å². The standard InChI is InChI=1S/C16H19N3O4/c1-10-15(11(2)18-17-10)16(21)19-5-7-22-9-12(19)8-13(20)14-4-3-6-23-14/h3-4,6,12H,5,7-9H2,1-2H3,(H,17,18)/t12-/m1/s1. The summed E-state index contributed by atoms with van der Waals surface area (Å²) < 4.78 is 10.6. The Bertz CT molecular complexity index is 685. The van der Waals surface area contributed by atoms with Gasteiger partial charge in [-0.3, -0.25) is 14.7 Å². The maximum absolute atomic E-state index is 12.9. The second-order valence-corrected chi connectivity index (χ2v) is 5.64. The molecule has 1 fully saturated rings. The Balaban J connectivity index is 1.79. The van der Waals surface area contributed by atoms with Crippen LogP contribution in [0.4, 0.5) is 0 Å². The first kappa shape index (κ1) is 15.5. The molecular formula is C16H19N3O4. The number of aromatic nitrogens is 2. The molecule has 7 heteroatoms. The number of furan rings is 1. The van der Waals surface area contributed by atoms with Crippen molar-refractivity contribution in [2.45, 2.75) is 26.3 Å². The van der Waals surface area contributed by atoms with E-state index in [9.17, 15) is 9.59 Å². The van der Waals surface area contributed by atoms with Crippen LogP contribution in [0.2, 0.25) is 0 Å². The van der Waals surface area contributed by atoms with Gasteiger partial charge in [-0.2, -0.15) is 5.10 Å². The number of aryl methyl sites for hydroxylation is 2. The van der Waals surface area contributed by atoms with E-state index in [1.54, 1.807) is 24.0 Å². The normalized spacial score (nSPS) is 18.2. The first-order valence-electron chi connectivity index (χ1n) is 7.55. The minimum atomic E-state index is -0.303. The van der Waals surface area contributed by atoms with Crippen molar-refractivity contribution in [1.29, 1.82) is 0 Å². The highest BCUT2D eigenvalue weighted by Gasteiger charge is 2.32. The first-order valence-corrected chi connectivity index (χ1v) is 7.55. The Morgan fingerprint density at radius 3 is 2.91 bits per heavy atom. The highest BCUT2D eigenvalue weighted by atomic mass is 16.5. The van der Waals surface area contributed by atoms with Gasteiger partial charge in [-0.05, 0) is 26.0 Å². The average Bonchev–Trinajstić information content (AvgIpc) is 3.18. The van der Waals surface area contributed by atoms with E-state index in [0.717, 1.165) is 5.69 Å². The maximum atomic E-state index is 12.9. The second kappa shape index (κ2) is 6.37. The molecule has 23 heavy (non-hydrogen) atoms. The molecule has 2 aromatic heterocycles. The quantitative estimate of drug-likeness (QED) is 0.868. The third-order valence-corrected chi connectivity index (χ3v) is 4.05. The van der Waals surface area contributed by atoms with Crippen molar-refractivity contribution in [2.24, 2.45) is 0 Å². The van der Waals surface area contributed by atoms with Crippen molar-refractivity contribution in [3.8, 4) is 0 Å².